The number of aromatic nitrogens is 8. The molecule has 7 aromatic rings. The quantitative estimate of drug-likeness (QED) is 0.0139. The molecule has 15 nitrogen and oxygen atoms in total. The number of rotatable bonds is 15. The zero-order chi connectivity index (χ0) is 53.3. The monoisotopic (exact) mass is 1240 g/mol. The minimum absolute atomic E-state index is 0. The van der Waals surface area contributed by atoms with E-state index in [1.807, 2.05) is 0 Å². The van der Waals surface area contributed by atoms with E-state index >= 15 is 0 Å². The zero-order valence-corrected chi connectivity index (χ0v) is 48.8. The number of hydrogen-bond acceptors (Lipinski definition) is 15. The van der Waals surface area contributed by atoms with E-state index in [2.05, 4.69) is 198 Å². The first-order chi connectivity index (χ1) is 34.4. The molecule has 0 amide bonds. The molecule has 0 bridgehead atoms. The maximum atomic E-state index is 10.3. The third kappa shape index (κ3) is 21.2. The van der Waals surface area contributed by atoms with Crippen LogP contribution < -0.4 is 49.5 Å². The second-order valence-corrected chi connectivity index (χ2v) is 26.8. The number of nitrogens with zero attached hydrogens (tertiary/aromatic N) is 8. The molecule has 0 radical (unpaired) electrons. The van der Waals surface area contributed by atoms with Crippen molar-refractivity contribution < 1.29 is 4.79 Å². The number of carbonyl (C=O) groups is 1. The molecular weight excluding hydrogens is 1170 g/mol. The van der Waals surface area contributed by atoms with Gasteiger partial charge < -0.3 is 41.0 Å². The molecule has 7 rings (SSSR count). The SMILES string of the molecule is C.C=Cc1c(Cl)nc(N)nc1Cl.C=Cc1c(Cl)nc(N)nc1NCCCC.CCCCNc1nc(N)ncc1CC.CP(Br)(c1ccccc1)(c1ccccc1)c1ccccc1.Cl.Nc1nc(Cl)c(C=O)c(Cl)n1.[BH4-].[CH3-]. The number of carbonyl (C=O) groups excluding carboxylic acids is 1. The largest absolute Gasteiger partial charge is 0.368 e. The molecule has 0 fully saturated rings. The van der Waals surface area contributed by atoms with Crippen LogP contribution in [-0.2, 0) is 6.42 Å². The van der Waals surface area contributed by atoms with Crippen molar-refractivity contribution in [3.8, 4) is 0 Å². The normalized spacial score (nSPS) is 10.3. The molecule has 24 heteroatoms. The predicted octanol–water partition coefficient (Wildman–Crippen LogP) is 12.1. The van der Waals surface area contributed by atoms with Gasteiger partial charge >= 0.3 is 134 Å². The van der Waals surface area contributed by atoms with Crippen LogP contribution in [0, 0.1) is 7.43 Å². The van der Waals surface area contributed by atoms with Crippen molar-refractivity contribution in [3.05, 3.63) is 166 Å². The van der Waals surface area contributed by atoms with Crippen LogP contribution in [0.2, 0.25) is 25.8 Å². The van der Waals surface area contributed by atoms with Gasteiger partial charge in [0.1, 0.15) is 37.4 Å². The second-order valence-electron chi connectivity index (χ2n) is 15.3. The van der Waals surface area contributed by atoms with E-state index in [4.69, 9.17) is 80.9 Å². The van der Waals surface area contributed by atoms with Crippen LogP contribution >= 0.6 is 91.2 Å². The Morgan fingerprint density at radius 1 is 0.566 bits per heavy atom. The van der Waals surface area contributed by atoms with Crippen LogP contribution in [0.4, 0.5) is 35.4 Å². The number of anilines is 6. The fourth-order valence-corrected chi connectivity index (χ4v) is 13.3. The number of benzene rings is 3. The number of aryl methyl sites for hydroxylation is 1. The number of hydrogen-bond donors (Lipinski definition) is 6. The number of aldehydes is 1. The summed E-state index contributed by atoms with van der Waals surface area (Å²) in [5, 5.41) is 8.63. The number of unbranched alkanes of at least 4 members (excludes halogenated alkanes) is 2. The maximum absolute atomic E-state index is 10.3. The summed E-state index contributed by atoms with van der Waals surface area (Å²) >= 11 is 32.4. The van der Waals surface area contributed by atoms with Crippen LogP contribution in [0.3, 0.4) is 0 Å². The van der Waals surface area contributed by atoms with Crippen LogP contribution in [0.5, 0.6) is 0 Å². The molecule has 0 aliphatic rings. The van der Waals surface area contributed by atoms with Gasteiger partial charge in [0, 0.05) is 30.4 Å². The number of halogens is 7. The van der Waals surface area contributed by atoms with Gasteiger partial charge in [0.15, 0.2) is 6.29 Å². The van der Waals surface area contributed by atoms with Gasteiger partial charge in [-0.2, -0.15) is 9.97 Å². The average Bonchev–Trinajstić information content (AvgIpc) is 3.35. The summed E-state index contributed by atoms with van der Waals surface area (Å²) in [6.45, 7) is 17.7. The van der Waals surface area contributed by atoms with Gasteiger partial charge in [-0.3, -0.25) is 4.79 Å². The Kier molecular flexibility index (Phi) is 35.1. The van der Waals surface area contributed by atoms with Crippen LogP contribution in [-0.4, -0.2) is 74.3 Å². The van der Waals surface area contributed by atoms with Gasteiger partial charge in [0.25, 0.3) is 0 Å². The predicted molar refractivity (Wildman–Crippen MR) is 344 cm³/mol. The van der Waals surface area contributed by atoms with Crippen LogP contribution in [0.25, 0.3) is 12.2 Å². The van der Waals surface area contributed by atoms with E-state index < -0.39 is 5.31 Å². The van der Waals surface area contributed by atoms with Crippen molar-refractivity contribution in [2.45, 2.75) is 60.3 Å². The summed E-state index contributed by atoms with van der Waals surface area (Å²) in [5.41, 5.74) is 23.8. The average molecular weight is 1240 g/mol. The minimum Gasteiger partial charge on any atom is -0.368 e. The van der Waals surface area contributed by atoms with Crippen molar-refractivity contribution in [2.75, 3.05) is 53.3 Å². The molecule has 414 valence electrons. The van der Waals surface area contributed by atoms with Crippen molar-refractivity contribution >= 4 is 169 Å². The summed E-state index contributed by atoms with van der Waals surface area (Å²) in [6.07, 6.45) is 10.8. The molecule has 0 aliphatic heterocycles. The molecule has 0 saturated heterocycles. The Labute approximate surface area is 490 Å². The van der Waals surface area contributed by atoms with Gasteiger partial charge in [-0.1, -0.05) is 133 Å². The fourth-order valence-electron chi connectivity index (χ4n) is 6.30. The Bertz CT molecular complexity index is 2640. The second kappa shape index (κ2) is 36.6. The van der Waals surface area contributed by atoms with Gasteiger partial charge in [-0.05, 0) is 19.3 Å². The first-order valence-electron chi connectivity index (χ1n) is 22.4. The Balaban J connectivity index is 0. The van der Waals surface area contributed by atoms with Gasteiger partial charge in [-0.15, -0.1) is 12.4 Å². The van der Waals surface area contributed by atoms with Crippen molar-refractivity contribution in [1.82, 2.24) is 39.9 Å². The van der Waals surface area contributed by atoms with E-state index in [1.165, 1.54) is 28.4 Å². The third-order valence-corrected chi connectivity index (χ3v) is 19.9. The molecule has 4 heterocycles. The zero-order valence-electron chi connectivity index (χ0n) is 41.8. The molecule has 4 aromatic heterocycles. The molecular formula is C52H71BBrCl6N14OP-2. The maximum Gasteiger partial charge on any atom is 0.222 e. The number of nitrogens with two attached hydrogens (primary N) is 4. The molecule has 76 heavy (non-hydrogen) atoms. The Morgan fingerprint density at radius 2 is 0.895 bits per heavy atom. The first-order valence-corrected chi connectivity index (χ1v) is 29.0. The van der Waals surface area contributed by atoms with Gasteiger partial charge in [0.2, 0.25) is 23.8 Å². The van der Waals surface area contributed by atoms with Gasteiger partial charge in [-0.25, -0.2) is 29.9 Å². The van der Waals surface area contributed by atoms with E-state index in [0.29, 0.717) is 34.3 Å². The standard InChI is InChI=1S/C19H18BrP.C10H15ClN4.C10H18N4.C6H5Cl2N3.C5H3Cl2N3O.CH4.CH3.BH4.ClH/c1-21(20,17-11-5-2-6-12-17,18-13-7-3-8-14-18)19-15-9-4-10-16-19;1-3-5-6-13-9-7(4-2)8(11)14-10(12)15-9;1-3-5-6-12-9-8(4-2)7-13-10(11)14-9;1-2-3-4(7)10-6(9)11-5(3)8;6-3-2(1-11)4(7)10-5(8)9-3;;;;/h2-16H,1H3;4H,2-3,5-6H2,1H3,(H3,12,13,14,15);7H,3-6H2,1-2H3,(H3,11,12,13,14);2H,1H2,(H2,9,10,11);1H,(H2,8,9,10);1H4;1H3;1H4;1H/q;;;;;;2*-1;. The number of nitrogen functional groups attached to an aromatic ring is 4. The van der Waals surface area contributed by atoms with E-state index in [0.717, 1.165) is 50.2 Å². The summed E-state index contributed by atoms with van der Waals surface area (Å²) in [4.78, 5) is 40.7. The topological polar surface area (TPSA) is 248 Å². The summed E-state index contributed by atoms with van der Waals surface area (Å²) in [5.74, 6) is 2.05. The molecule has 0 spiro atoms. The van der Waals surface area contributed by atoms with Crippen molar-refractivity contribution in [3.63, 3.8) is 0 Å². The van der Waals surface area contributed by atoms with Crippen LogP contribution in [0.15, 0.2) is 110 Å². The summed E-state index contributed by atoms with van der Waals surface area (Å²) in [6, 6.07) is 32.3. The van der Waals surface area contributed by atoms with E-state index in [-0.39, 0.29) is 79.7 Å². The summed E-state index contributed by atoms with van der Waals surface area (Å²) in [7, 11) is 0. The molecule has 0 unspecified atom stereocenters. The van der Waals surface area contributed by atoms with Crippen molar-refractivity contribution in [2.24, 2.45) is 0 Å². The Morgan fingerprint density at radius 3 is 1.24 bits per heavy atom. The van der Waals surface area contributed by atoms with Crippen molar-refractivity contribution in [1.29, 1.82) is 0 Å². The fraction of sp³-hybridized carbons (Fsp3) is 0.231. The van der Waals surface area contributed by atoms with E-state index in [9.17, 15) is 4.79 Å². The molecule has 0 atom stereocenters. The Hall–Kier alpha value is -5.36. The first kappa shape index (κ1) is 72.7. The molecule has 0 aliphatic carbocycles. The molecule has 0 saturated carbocycles. The van der Waals surface area contributed by atoms with E-state index in [1.54, 1.807) is 12.3 Å². The van der Waals surface area contributed by atoms with Crippen LogP contribution in [0.1, 0.15) is 80.9 Å². The summed E-state index contributed by atoms with van der Waals surface area (Å²) < 4.78 is 0. The molecule has 3 aromatic carbocycles. The smallest absolute Gasteiger partial charge is 0.222 e. The minimum atomic E-state index is -2.56. The van der Waals surface area contributed by atoms with Gasteiger partial charge in [0.05, 0.1) is 11.1 Å². The number of nitrogens with one attached hydrogen (secondary N) is 2. The third-order valence-electron chi connectivity index (χ3n) is 10.2. The molecule has 10 N–H and O–H groups in total.